The van der Waals surface area contributed by atoms with Crippen molar-refractivity contribution in [1.82, 2.24) is 4.90 Å². The molecule has 0 spiro atoms. The van der Waals surface area contributed by atoms with E-state index in [1.807, 2.05) is 48.5 Å². The van der Waals surface area contributed by atoms with Crippen molar-refractivity contribution in [2.45, 2.75) is 24.8 Å². The molecule has 1 aliphatic rings. The number of amides is 2. The first kappa shape index (κ1) is 23.0. The average molecular weight is 438 g/mol. The van der Waals surface area contributed by atoms with E-state index in [0.29, 0.717) is 11.3 Å². The number of nitrogens with zero attached hydrogens (tertiary/aromatic N) is 1. The smallest absolute Gasteiger partial charge is 0.420 e. The largest absolute Gasteiger partial charge is 0.480 e. The van der Waals surface area contributed by atoms with Gasteiger partial charge in [-0.25, -0.2) is 14.4 Å². The third-order valence-corrected chi connectivity index (χ3v) is 5.33. The molecule has 1 aliphatic carbocycles. The van der Waals surface area contributed by atoms with Gasteiger partial charge in [0.25, 0.3) is 0 Å². The van der Waals surface area contributed by atoms with Crippen LogP contribution in [0.1, 0.15) is 29.9 Å². The summed E-state index contributed by atoms with van der Waals surface area (Å²) in [6, 6.07) is 14.2. The average Bonchev–Trinajstić information content (AvgIpc) is 3.12. The van der Waals surface area contributed by atoms with Crippen molar-refractivity contribution < 1.29 is 29.0 Å². The van der Waals surface area contributed by atoms with Gasteiger partial charge < -0.3 is 20.3 Å². The highest BCUT2D eigenvalue weighted by Gasteiger charge is 2.38. The van der Waals surface area contributed by atoms with Crippen molar-refractivity contribution in [3.8, 4) is 11.1 Å². The van der Waals surface area contributed by atoms with E-state index >= 15 is 0 Å². The fourth-order valence-electron chi connectivity index (χ4n) is 3.87. The quantitative estimate of drug-likeness (QED) is 0.572. The summed E-state index contributed by atoms with van der Waals surface area (Å²) in [4.78, 5) is 37.7. The molecule has 0 radical (unpaired) electrons. The van der Waals surface area contributed by atoms with Crippen LogP contribution in [0.2, 0.25) is 0 Å². The second-order valence-corrected chi connectivity index (χ2v) is 7.32. The van der Waals surface area contributed by atoms with Gasteiger partial charge in [-0.15, -0.1) is 0 Å². The van der Waals surface area contributed by atoms with Gasteiger partial charge in [0.15, 0.2) is 0 Å². The molecule has 0 aliphatic heterocycles. The van der Waals surface area contributed by atoms with Crippen LogP contribution in [0.4, 0.5) is 9.59 Å². The number of hydrogen-bond donors (Lipinski definition) is 2. The summed E-state index contributed by atoms with van der Waals surface area (Å²) in [6.07, 6.45) is -0.571. The van der Waals surface area contributed by atoms with Crippen LogP contribution in [-0.2, 0) is 14.3 Å². The molecule has 3 rings (SSSR count). The summed E-state index contributed by atoms with van der Waals surface area (Å²) in [5, 5.41) is 9.62. The number of ether oxygens (including phenoxy) is 2. The monoisotopic (exact) mass is 438 g/mol. The number of nitrogens with two attached hydrogens (primary N) is 1. The third kappa shape index (κ3) is 4.81. The van der Waals surface area contributed by atoms with E-state index in [1.165, 1.54) is 6.08 Å². The number of carboxylic acids is 1. The molecule has 3 N–H and O–H groups in total. The maximum atomic E-state index is 12.9. The number of rotatable bonds is 9. The van der Waals surface area contributed by atoms with Gasteiger partial charge in [0.05, 0.1) is 0 Å². The van der Waals surface area contributed by atoms with Gasteiger partial charge in [0.2, 0.25) is 0 Å². The summed E-state index contributed by atoms with van der Waals surface area (Å²) >= 11 is 0. The van der Waals surface area contributed by atoms with Crippen molar-refractivity contribution >= 4 is 18.2 Å². The minimum atomic E-state index is -1.45. The zero-order chi connectivity index (χ0) is 23.1. The molecular formula is C24H26N2O6. The lowest BCUT2D eigenvalue weighted by Crippen LogP contribution is -2.49. The van der Waals surface area contributed by atoms with Gasteiger partial charge >= 0.3 is 18.2 Å². The number of hydrogen-bond acceptors (Lipinski definition) is 6. The topological polar surface area (TPSA) is 119 Å². The molecule has 2 aromatic rings. The summed E-state index contributed by atoms with van der Waals surface area (Å²) in [7, 11) is 0. The lowest BCUT2D eigenvalue weighted by molar-refractivity contribution is -0.142. The molecule has 0 bridgehead atoms. The first-order valence-corrected chi connectivity index (χ1v) is 10.3. The van der Waals surface area contributed by atoms with Gasteiger partial charge in [-0.1, -0.05) is 61.2 Å². The molecule has 0 unspecified atom stereocenters. The molecular weight excluding hydrogens is 412 g/mol. The van der Waals surface area contributed by atoms with Gasteiger partial charge in [0.1, 0.15) is 19.3 Å². The molecule has 0 saturated carbocycles. The van der Waals surface area contributed by atoms with E-state index < -0.39 is 24.2 Å². The Morgan fingerprint density at radius 2 is 1.59 bits per heavy atom. The Kier molecular flexibility index (Phi) is 7.62. The van der Waals surface area contributed by atoms with Gasteiger partial charge in [-0.3, -0.25) is 0 Å². The molecule has 32 heavy (non-hydrogen) atoms. The van der Waals surface area contributed by atoms with Crippen molar-refractivity contribution in [2.75, 3.05) is 19.8 Å². The SMILES string of the molecule is C=CCOC(=O)N(C(=O)OCC1c2ccccc2-c2ccccc21)[C@H](CCCN)C(=O)O. The first-order chi connectivity index (χ1) is 15.5. The van der Waals surface area contributed by atoms with Crippen LogP contribution in [0.15, 0.2) is 61.2 Å². The van der Waals surface area contributed by atoms with Crippen LogP contribution in [0.3, 0.4) is 0 Å². The van der Waals surface area contributed by atoms with Gasteiger partial charge in [-0.2, -0.15) is 4.90 Å². The number of carboxylic acid groups (broad SMARTS) is 1. The summed E-state index contributed by atoms with van der Waals surface area (Å²) in [5.41, 5.74) is 9.59. The zero-order valence-corrected chi connectivity index (χ0v) is 17.6. The number of carbonyl (C=O) groups excluding carboxylic acids is 2. The molecule has 0 saturated heterocycles. The highest BCUT2D eigenvalue weighted by molar-refractivity contribution is 5.93. The molecule has 168 valence electrons. The Balaban J connectivity index is 1.82. The Hall–Kier alpha value is -3.65. The van der Waals surface area contributed by atoms with Gasteiger partial charge in [-0.05, 0) is 41.6 Å². The molecule has 2 aromatic carbocycles. The Morgan fingerprint density at radius 1 is 1.03 bits per heavy atom. The number of benzene rings is 2. The number of aliphatic carboxylic acids is 1. The maximum Gasteiger partial charge on any atom is 0.420 e. The predicted octanol–water partition coefficient (Wildman–Crippen LogP) is 3.75. The second kappa shape index (κ2) is 10.6. The molecule has 0 heterocycles. The van der Waals surface area contributed by atoms with Crippen LogP contribution in [0.25, 0.3) is 11.1 Å². The van der Waals surface area contributed by atoms with Gasteiger partial charge in [0, 0.05) is 5.92 Å². The van der Waals surface area contributed by atoms with Crippen LogP contribution in [0.5, 0.6) is 0 Å². The van der Waals surface area contributed by atoms with Crippen LogP contribution < -0.4 is 5.73 Å². The summed E-state index contributed by atoms with van der Waals surface area (Å²) in [6.45, 7) is 3.44. The second-order valence-electron chi connectivity index (χ2n) is 7.32. The number of imide groups is 1. The third-order valence-electron chi connectivity index (χ3n) is 5.33. The molecule has 8 heteroatoms. The number of fused-ring (bicyclic) bond motifs is 3. The normalized spacial score (nSPS) is 12.9. The fourth-order valence-corrected chi connectivity index (χ4v) is 3.87. The van der Waals surface area contributed by atoms with E-state index in [4.69, 9.17) is 15.2 Å². The molecule has 2 amide bonds. The zero-order valence-electron chi connectivity index (χ0n) is 17.6. The van der Waals surface area contributed by atoms with Crippen molar-refractivity contribution in [1.29, 1.82) is 0 Å². The molecule has 0 aromatic heterocycles. The van der Waals surface area contributed by atoms with Crippen molar-refractivity contribution in [2.24, 2.45) is 5.73 Å². The lowest BCUT2D eigenvalue weighted by Gasteiger charge is -2.26. The predicted molar refractivity (Wildman–Crippen MR) is 118 cm³/mol. The van der Waals surface area contributed by atoms with E-state index in [0.717, 1.165) is 22.3 Å². The fraction of sp³-hybridized carbons (Fsp3) is 0.292. The minimum absolute atomic E-state index is 0.0147. The Bertz CT molecular complexity index is 960. The van der Waals surface area contributed by atoms with E-state index in [9.17, 15) is 19.5 Å². The maximum absolute atomic E-state index is 12.9. The molecule has 1 atom stereocenters. The van der Waals surface area contributed by atoms with Crippen LogP contribution >= 0.6 is 0 Å². The van der Waals surface area contributed by atoms with Crippen LogP contribution in [0, 0.1) is 0 Å². The summed E-state index contributed by atoms with van der Waals surface area (Å²) < 4.78 is 10.4. The lowest BCUT2D eigenvalue weighted by atomic mass is 9.98. The summed E-state index contributed by atoms with van der Waals surface area (Å²) in [5.74, 6) is -1.58. The molecule has 0 fully saturated rings. The van der Waals surface area contributed by atoms with E-state index in [-0.39, 0.29) is 32.1 Å². The highest BCUT2D eigenvalue weighted by atomic mass is 16.6. The van der Waals surface area contributed by atoms with Crippen molar-refractivity contribution in [3.63, 3.8) is 0 Å². The number of carbonyl (C=O) groups is 3. The Labute approximate surface area is 186 Å². The van der Waals surface area contributed by atoms with E-state index in [1.54, 1.807) is 0 Å². The minimum Gasteiger partial charge on any atom is -0.480 e. The Morgan fingerprint density at radius 3 is 2.12 bits per heavy atom. The highest BCUT2D eigenvalue weighted by Crippen LogP contribution is 2.44. The van der Waals surface area contributed by atoms with Crippen LogP contribution in [-0.4, -0.2) is 54.0 Å². The first-order valence-electron chi connectivity index (χ1n) is 10.3. The van der Waals surface area contributed by atoms with Crippen molar-refractivity contribution in [3.05, 3.63) is 72.3 Å². The molecule has 8 nitrogen and oxygen atoms in total. The van der Waals surface area contributed by atoms with E-state index in [2.05, 4.69) is 6.58 Å². The standard InChI is InChI=1S/C24H26N2O6/c1-2-14-31-23(29)26(21(22(27)28)12-7-13-25)24(30)32-15-20-18-10-5-3-8-16(18)17-9-4-6-11-19(17)20/h2-6,8-11,20-21H,1,7,12-15,25H2,(H,27,28)/t21-/m1/s1.